The van der Waals surface area contributed by atoms with Crippen LogP contribution in [0.3, 0.4) is 0 Å². The summed E-state index contributed by atoms with van der Waals surface area (Å²) in [5.41, 5.74) is 1.58. The van der Waals surface area contributed by atoms with Crippen molar-refractivity contribution in [3.63, 3.8) is 0 Å². The average molecular weight is 406 g/mol. The predicted molar refractivity (Wildman–Crippen MR) is 103 cm³/mol. The number of carbonyl (C=O) groups is 1. The zero-order chi connectivity index (χ0) is 19.2. The molecule has 0 bridgehead atoms. The third-order valence-corrected chi connectivity index (χ3v) is 5.44. The molecule has 0 aliphatic heterocycles. The Kier molecular flexibility index (Phi) is 6.42. The van der Waals surface area contributed by atoms with Gasteiger partial charge in [0.1, 0.15) is 11.6 Å². The summed E-state index contributed by atoms with van der Waals surface area (Å²) in [6, 6.07) is 16.3. The molecule has 1 heterocycles. The molecule has 0 aliphatic carbocycles. The van der Waals surface area contributed by atoms with E-state index < -0.39 is 10.8 Å². The number of nitrogens with one attached hydrogen (secondary N) is 1. The topological polar surface area (TPSA) is 59.3 Å². The van der Waals surface area contributed by atoms with Crippen LogP contribution in [0.2, 0.25) is 5.02 Å². The summed E-state index contributed by atoms with van der Waals surface area (Å²) in [6.45, 7) is 0.258. The van der Waals surface area contributed by atoms with Crippen LogP contribution >= 0.6 is 11.6 Å². The van der Waals surface area contributed by atoms with E-state index in [0.29, 0.717) is 16.5 Å². The Balaban J connectivity index is 1.54. The molecule has 1 N–H and O–H groups in total. The lowest BCUT2D eigenvalue weighted by atomic mass is 10.2. The van der Waals surface area contributed by atoms with Gasteiger partial charge in [0.2, 0.25) is 0 Å². The number of halogens is 2. The minimum Gasteiger partial charge on any atom is -0.455 e. The zero-order valence-electron chi connectivity index (χ0n) is 14.3. The molecule has 0 saturated heterocycles. The normalized spacial score (nSPS) is 11.9. The quantitative estimate of drug-likeness (QED) is 0.631. The minimum atomic E-state index is -1.21. The summed E-state index contributed by atoms with van der Waals surface area (Å²) in [5.74, 6) is 0.394. The van der Waals surface area contributed by atoms with E-state index >= 15 is 0 Å². The highest BCUT2D eigenvalue weighted by Crippen LogP contribution is 2.19. The summed E-state index contributed by atoms with van der Waals surface area (Å²) in [7, 11) is -1.21. The van der Waals surface area contributed by atoms with Crippen molar-refractivity contribution in [3.8, 4) is 0 Å². The number of rotatable bonds is 7. The van der Waals surface area contributed by atoms with Gasteiger partial charge in [-0.05, 0) is 41.5 Å². The number of hydrogen-bond donors (Lipinski definition) is 1. The molecule has 0 aliphatic rings. The average Bonchev–Trinajstić information content (AvgIpc) is 3.11. The number of furan rings is 1. The van der Waals surface area contributed by atoms with Crippen molar-refractivity contribution in [1.82, 2.24) is 5.32 Å². The number of hydrogen-bond acceptors (Lipinski definition) is 3. The van der Waals surface area contributed by atoms with Gasteiger partial charge in [0.25, 0.3) is 5.91 Å². The van der Waals surface area contributed by atoms with E-state index in [1.165, 1.54) is 12.1 Å². The van der Waals surface area contributed by atoms with Gasteiger partial charge in [0.05, 0.1) is 11.5 Å². The van der Waals surface area contributed by atoms with Crippen molar-refractivity contribution in [2.75, 3.05) is 0 Å². The molecule has 2 aromatic carbocycles. The molecule has 27 heavy (non-hydrogen) atoms. The van der Waals surface area contributed by atoms with Gasteiger partial charge in [0.15, 0.2) is 5.76 Å². The van der Waals surface area contributed by atoms with E-state index in [4.69, 9.17) is 16.0 Å². The Morgan fingerprint density at radius 1 is 1.04 bits per heavy atom. The molecule has 0 spiro atoms. The standard InChI is InChI=1S/C20H17ClFNO3S/c21-18-4-2-1-3-15(18)12-27(25)13-17-9-10-19(26-17)20(24)23-11-14-5-7-16(22)8-6-14/h1-10H,11-13H2,(H,23,24)/t27-/m1/s1. The van der Waals surface area contributed by atoms with Crippen LogP contribution in [0.15, 0.2) is 65.1 Å². The van der Waals surface area contributed by atoms with Crippen LogP contribution in [-0.4, -0.2) is 10.1 Å². The Morgan fingerprint density at radius 3 is 2.52 bits per heavy atom. The lowest BCUT2D eigenvalue weighted by molar-refractivity contribution is 0.0921. The number of amides is 1. The summed E-state index contributed by atoms with van der Waals surface area (Å²) >= 11 is 6.08. The molecule has 0 unspecified atom stereocenters. The van der Waals surface area contributed by atoms with E-state index in [2.05, 4.69) is 5.32 Å². The maximum Gasteiger partial charge on any atom is 0.287 e. The Morgan fingerprint density at radius 2 is 1.78 bits per heavy atom. The fourth-order valence-electron chi connectivity index (χ4n) is 2.45. The first-order valence-electron chi connectivity index (χ1n) is 8.21. The van der Waals surface area contributed by atoms with E-state index in [9.17, 15) is 13.4 Å². The second kappa shape index (κ2) is 8.97. The maximum atomic E-state index is 12.9. The molecular formula is C20H17ClFNO3S. The summed E-state index contributed by atoms with van der Waals surface area (Å²) < 4.78 is 30.7. The summed E-state index contributed by atoms with van der Waals surface area (Å²) in [6.07, 6.45) is 0. The third kappa shape index (κ3) is 5.52. The first-order valence-corrected chi connectivity index (χ1v) is 10.1. The first-order chi connectivity index (χ1) is 13.0. The Labute approximate surface area is 163 Å². The maximum absolute atomic E-state index is 12.9. The van der Waals surface area contributed by atoms with Crippen LogP contribution in [-0.2, 0) is 28.9 Å². The molecule has 0 fully saturated rings. The molecule has 1 amide bonds. The van der Waals surface area contributed by atoms with Crippen LogP contribution < -0.4 is 5.32 Å². The highest BCUT2D eigenvalue weighted by atomic mass is 35.5. The van der Waals surface area contributed by atoms with Crippen molar-refractivity contribution < 1.29 is 17.8 Å². The van der Waals surface area contributed by atoms with Gasteiger partial charge in [-0.3, -0.25) is 9.00 Å². The highest BCUT2D eigenvalue weighted by molar-refractivity contribution is 7.83. The molecule has 0 saturated carbocycles. The highest BCUT2D eigenvalue weighted by Gasteiger charge is 2.13. The SMILES string of the molecule is O=C(NCc1ccc(F)cc1)c1ccc(C[S@](=O)Cc2ccccc2Cl)o1. The van der Waals surface area contributed by atoms with Gasteiger partial charge >= 0.3 is 0 Å². The van der Waals surface area contributed by atoms with Crippen LogP contribution in [0, 0.1) is 5.82 Å². The van der Waals surface area contributed by atoms with Gasteiger partial charge in [-0.25, -0.2) is 4.39 Å². The fourth-order valence-corrected chi connectivity index (χ4v) is 3.90. The third-order valence-electron chi connectivity index (χ3n) is 3.83. The van der Waals surface area contributed by atoms with Gasteiger partial charge in [-0.1, -0.05) is 41.9 Å². The molecule has 1 aromatic heterocycles. The van der Waals surface area contributed by atoms with Gasteiger partial charge in [-0.2, -0.15) is 0 Å². The van der Waals surface area contributed by atoms with Crippen LogP contribution in [0.25, 0.3) is 0 Å². The zero-order valence-corrected chi connectivity index (χ0v) is 15.9. The van der Waals surface area contributed by atoms with Crippen molar-refractivity contribution in [1.29, 1.82) is 0 Å². The van der Waals surface area contributed by atoms with Crippen LogP contribution in [0.4, 0.5) is 4.39 Å². The van der Waals surface area contributed by atoms with Crippen LogP contribution in [0.5, 0.6) is 0 Å². The molecule has 7 heteroatoms. The second-order valence-corrected chi connectivity index (χ2v) is 7.76. The van der Waals surface area contributed by atoms with Crippen LogP contribution in [0.1, 0.15) is 27.4 Å². The molecular weight excluding hydrogens is 389 g/mol. The van der Waals surface area contributed by atoms with Gasteiger partial charge in [0, 0.05) is 22.4 Å². The fraction of sp³-hybridized carbons (Fsp3) is 0.150. The Hall–Kier alpha value is -2.44. The molecule has 140 valence electrons. The monoisotopic (exact) mass is 405 g/mol. The first kappa shape index (κ1) is 19.3. The molecule has 0 radical (unpaired) electrons. The Bertz CT molecular complexity index is 956. The molecule has 4 nitrogen and oxygen atoms in total. The smallest absolute Gasteiger partial charge is 0.287 e. The van der Waals surface area contributed by atoms with Gasteiger partial charge < -0.3 is 9.73 Å². The van der Waals surface area contributed by atoms with E-state index in [1.54, 1.807) is 30.3 Å². The predicted octanol–water partition coefficient (Wildman–Crippen LogP) is 4.45. The van der Waals surface area contributed by atoms with E-state index in [1.807, 2.05) is 18.2 Å². The molecule has 1 atom stereocenters. The van der Waals surface area contributed by atoms with Gasteiger partial charge in [-0.15, -0.1) is 0 Å². The van der Waals surface area contributed by atoms with E-state index in [-0.39, 0.29) is 29.8 Å². The summed E-state index contributed by atoms with van der Waals surface area (Å²) in [5, 5.41) is 3.28. The lowest BCUT2D eigenvalue weighted by Gasteiger charge is -2.04. The second-order valence-electron chi connectivity index (χ2n) is 5.90. The van der Waals surface area contributed by atoms with E-state index in [0.717, 1.165) is 11.1 Å². The van der Waals surface area contributed by atoms with Crippen molar-refractivity contribution >= 4 is 28.3 Å². The lowest BCUT2D eigenvalue weighted by Crippen LogP contribution is -2.22. The largest absolute Gasteiger partial charge is 0.455 e. The van der Waals surface area contributed by atoms with Crippen molar-refractivity contribution in [3.05, 3.63) is 94.2 Å². The molecule has 3 aromatic rings. The number of benzene rings is 2. The molecule has 3 rings (SSSR count). The minimum absolute atomic E-state index is 0.141. The summed E-state index contributed by atoms with van der Waals surface area (Å²) in [4.78, 5) is 12.1. The number of carbonyl (C=O) groups excluding carboxylic acids is 1. The van der Waals surface area contributed by atoms with Crippen molar-refractivity contribution in [2.24, 2.45) is 0 Å². The van der Waals surface area contributed by atoms with Crippen molar-refractivity contribution in [2.45, 2.75) is 18.1 Å².